The summed E-state index contributed by atoms with van der Waals surface area (Å²) in [6.07, 6.45) is 5.55. The molecule has 4 rings (SSSR count). The van der Waals surface area contributed by atoms with Crippen LogP contribution in [-0.2, 0) is 19.1 Å². The molecule has 4 nitrogen and oxygen atoms in total. The van der Waals surface area contributed by atoms with E-state index in [9.17, 15) is 23.2 Å². The number of Topliss-reactive ketones (excluding diaryl/α,β-unsaturated/α-hetero) is 1. The Hall–Kier alpha value is -1.85. The van der Waals surface area contributed by atoms with Crippen LogP contribution in [0.25, 0.3) is 0 Å². The number of fused-ring (bicyclic) bond motifs is 5. The third-order valence-corrected chi connectivity index (χ3v) is 8.66. The molecule has 0 radical (unpaired) electrons. The highest BCUT2D eigenvalue weighted by Crippen LogP contribution is 2.65. The molecule has 1 unspecified atom stereocenters. The molecule has 7 atom stereocenters. The van der Waals surface area contributed by atoms with Crippen molar-refractivity contribution in [1.82, 2.24) is 0 Å². The molecule has 0 bridgehead atoms. The molecule has 0 spiro atoms. The van der Waals surface area contributed by atoms with Crippen molar-refractivity contribution in [3.63, 3.8) is 0 Å². The lowest BCUT2D eigenvalue weighted by Gasteiger charge is -2.56. The number of carbonyl (C=O) groups excluding carboxylic acids is 3. The van der Waals surface area contributed by atoms with E-state index in [0.717, 1.165) is 38.2 Å². The quantitative estimate of drug-likeness (QED) is 0.620. The predicted molar refractivity (Wildman–Crippen MR) is 107 cm³/mol. The fourth-order valence-electron chi connectivity index (χ4n) is 7.08. The molecule has 0 saturated heterocycles. The Balaban J connectivity index is 1.62. The number of halogens is 2. The smallest absolute Gasteiger partial charge is 0.303 e. The van der Waals surface area contributed by atoms with Crippen molar-refractivity contribution < 1.29 is 27.9 Å². The van der Waals surface area contributed by atoms with E-state index in [1.807, 2.05) is 0 Å². The van der Waals surface area contributed by atoms with Gasteiger partial charge in [0.2, 0.25) is 6.10 Å². The molecule has 0 aromatic carbocycles. The summed E-state index contributed by atoms with van der Waals surface area (Å²) >= 11 is 0. The molecule has 6 heteroatoms. The van der Waals surface area contributed by atoms with Gasteiger partial charge in [0.1, 0.15) is 0 Å². The Bertz CT molecular complexity index is 831. The van der Waals surface area contributed by atoms with Gasteiger partial charge >= 0.3 is 5.97 Å². The first-order valence-corrected chi connectivity index (χ1v) is 11.0. The van der Waals surface area contributed by atoms with E-state index in [-0.39, 0.29) is 28.4 Å². The second kappa shape index (κ2) is 7.38. The maximum Gasteiger partial charge on any atom is 0.303 e. The molecule has 0 amide bonds. The predicted octanol–water partition coefficient (Wildman–Crippen LogP) is 4.68. The zero-order valence-corrected chi connectivity index (χ0v) is 17.8. The van der Waals surface area contributed by atoms with Crippen molar-refractivity contribution in [2.24, 2.45) is 34.5 Å². The lowest BCUT2D eigenvalue weighted by molar-refractivity contribution is -0.166. The molecule has 0 aromatic rings. The standard InChI is InChI=1S/C24H30F2O4/c1-13(27)30-21(22(25)26)20(29)19-7-6-17-16-5-4-14-12-15(28)8-10-23(14,2)18(16)9-11-24(17,19)3/h4-5,12,16-19,21-22H,6-11H2,1-3H3/t16-,17-,18-,19+,21?,23-,24-/m0/s1. The average Bonchev–Trinajstić information content (AvgIpc) is 3.03. The SMILES string of the molecule is CC(=O)OC(C(=O)[C@H]1CC[C@H]2[C@@H]3C=CC4=CC(=O)CC[C@]4(C)[C@H]3CC[C@]12C)C(F)F. The van der Waals surface area contributed by atoms with E-state index in [1.165, 1.54) is 0 Å². The maximum absolute atomic E-state index is 13.5. The molecule has 0 aliphatic heterocycles. The molecular formula is C24H30F2O4. The lowest BCUT2D eigenvalue weighted by atomic mass is 9.48. The largest absolute Gasteiger partial charge is 0.448 e. The number of carbonyl (C=O) groups is 3. The van der Waals surface area contributed by atoms with Crippen LogP contribution < -0.4 is 0 Å². The monoisotopic (exact) mass is 420 g/mol. The van der Waals surface area contributed by atoms with Gasteiger partial charge < -0.3 is 4.74 Å². The van der Waals surface area contributed by atoms with E-state index < -0.39 is 30.2 Å². The third kappa shape index (κ3) is 3.18. The van der Waals surface area contributed by atoms with Gasteiger partial charge in [0.05, 0.1) is 0 Å². The molecule has 4 aliphatic rings. The first-order valence-electron chi connectivity index (χ1n) is 11.0. The van der Waals surface area contributed by atoms with Crippen LogP contribution in [-0.4, -0.2) is 30.1 Å². The summed E-state index contributed by atoms with van der Waals surface area (Å²) in [6.45, 7) is 5.37. The van der Waals surface area contributed by atoms with Crippen molar-refractivity contribution >= 4 is 17.5 Å². The molecule has 30 heavy (non-hydrogen) atoms. The van der Waals surface area contributed by atoms with Gasteiger partial charge in [-0.3, -0.25) is 14.4 Å². The second-order valence-corrected chi connectivity index (χ2v) is 10.1. The van der Waals surface area contributed by atoms with Gasteiger partial charge in [-0.25, -0.2) is 8.78 Å². The molecule has 4 aliphatic carbocycles. The summed E-state index contributed by atoms with van der Waals surface area (Å²) in [5.74, 6) is -0.920. The van der Waals surface area contributed by atoms with Crippen molar-refractivity contribution in [2.45, 2.75) is 71.8 Å². The van der Waals surface area contributed by atoms with Gasteiger partial charge in [-0.2, -0.15) is 0 Å². The molecule has 2 saturated carbocycles. The molecule has 0 heterocycles. The minimum atomic E-state index is -3.01. The number of ketones is 2. The Labute approximate surface area is 176 Å². The van der Waals surface area contributed by atoms with Crippen LogP contribution in [0.3, 0.4) is 0 Å². The topological polar surface area (TPSA) is 60.4 Å². The summed E-state index contributed by atoms with van der Waals surface area (Å²) in [7, 11) is 0. The maximum atomic E-state index is 13.5. The zero-order chi connectivity index (χ0) is 21.8. The summed E-state index contributed by atoms with van der Waals surface area (Å²) in [6, 6.07) is 0. The van der Waals surface area contributed by atoms with Crippen molar-refractivity contribution in [3.05, 3.63) is 23.8 Å². The molecular weight excluding hydrogens is 390 g/mol. The summed E-state index contributed by atoms with van der Waals surface area (Å²) in [4.78, 5) is 36.2. The number of allylic oxidation sites excluding steroid dienone is 4. The summed E-state index contributed by atoms with van der Waals surface area (Å²) in [5.41, 5.74) is 0.694. The first kappa shape index (κ1) is 21.4. The molecule has 0 N–H and O–H groups in total. The highest BCUT2D eigenvalue weighted by Gasteiger charge is 2.60. The van der Waals surface area contributed by atoms with Gasteiger partial charge in [0.25, 0.3) is 6.43 Å². The van der Waals surface area contributed by atoms with E-state index >= 15 is 0 Å². The third-order valence-electron chi connectivity index (χ3n) is 8.66. The van der Waals surface area contributed by atoms with Crippen molar-refractivity contribution in [2.75, 3.05) is 0 Å². The van der Waals surface area contributed by atoms with Gasteiger partial charge in [-0.05, 0) is 72.3 Å². The van der Waals surface area contributed by atoms with Gasteiger partial charge in [0, 0.05) is 19.3 Å². The van der Waals surface area contributed by atoms with E-state index in [4.69, 9.17) is 4.74 Å². The highest BCUT2D eigenvalue weighted by atomic mass is 19.3. The minimum absolute atomic E-state index is 0.0417. The number of alkyl halides is 2. The van der Waals surface area contributed by atoms with Crippen molar-refractivity contribution in [1.29, 1.82) is 0 Å². The van der Waals surface area contributed by atoms with Crippen LogP contribution in [0, 0.1) is 34.5 Å². The fourth-order valence-corrected chi connectivity index (χ4v) is 7.08. The van der Waals surface area contributed by atoms with Gasteiger partial charge in [0.15, 0.2) is 11.6 Å². The zero-order valence-electron chi connectivity index (χ0n) is 17.8. The molecule has 2 fully saturated rings. The number of ether oxygens (including phenoxy) is 1. The molecule has 164 valence electrons. The Morgan fingerprint density at radius 1 is 1.13 bits per heavy atom. The number of rotatable bonds is 4. The average molecular weight is 420 g/mol. The van der Waals surface area contributed by atoms with E-state index in [1.54, 1.807) is 6.08 Å². The minimum Gasteiger partial charge on any atom is -0.448 e. The highest BCUT2D eigenvalue weighted by molar-refractivity contribution is 5.92. The van der Waals surface area contributed by atoms with E-state index in [0.29, 0.717) is 18.8 Å². The van der Waals surface area contributed by atoms with Crippen LogP contribution >= 0.6 is 0 Å². The lowest BCUT2D eigenvalue weighted by Crippen LogP contribution is -2.51. The first-order chi connectivity index (χ1) is 14.1. The Morgan fingerprint density at radius 2 is 1.87 bits per heavy atom. The van der Waals surface area contributed by atoms with Crippen LogP contribution in [0.1, 0.15) is 59.3 Å². The fraction of sp³-hybridized carbons (Fsp3) is 0.708. The number of hydrogen-bond donors (Lipinski definition) is 0. The normalized spacial score (nSPS) is 40.9. The van der Waals surface area contributed by atoms with Crippen molar-refractivity contribution in [3.8, 4) is 0 Å². The van der Waals surface area contributed by atoms with Crippen LogP contribution in [0.5, 0.6) is 0 Å². The Kier molecular flexibility index (Phi) is 5.26. The Morgan fingerprint density at radius 3 is 2.53 bits per heavy atom. The number of esters is 1. The second-order valence-electron chi connectivity index (χ2n) is 10.1. The number of hydrogen-bond acceptors (Lipinski definition) is 4. The van der Waals surface area contributed by atoms with Gasteiger partial charge in [-0.1, -0.05) is 26.0 Å². The van der Waals surface area contributed by atoms with Crippen LogP contribution in [0.2, 0.25) is 0 Å². The molecule has 0 aromatic heterocycles. The van der Waals surface area contributed by atoms with Gasteiger partial charge in [-0.15, -0.1) is 0 Å². The van der Waals surface area contributed by atoms with Crippen LogP contribution in [0.15, 0.2) is 23.8 Å². The van der Waals surface area contributed by atoms with E-state index in [2.05, 4.69) is 26.0 Å². The summed E-state index contributed by atoms with van der Waals surface area (Å²) in [5, 5.41) is 0. The summed E-state index contributed by atoms with van der Waals surface area (Å²) < 4.78 is 31.7. The van der Waals surface area contributed by atoms with Crippen LogP contribution in [0.4, 0.5) is 8.78 Å².